The number of hydrogen-bond acceptors (Lipinski definition) is 6. The van der Waals surface area contributed by atoms with Crippen molar-refractivity contribution in [3.63, 3.8) is 0 Å². The first kappa shape index (κ1) is 21.3. The van der Waals surface area contributed by atoms with Crippen molar-refractivity contribution < 1.29 is 22.8 Å². The molecule has 11 heteroatoms. The quantitative estimate of drug-likeness (QED) is 0.632. The number of halogens is 3. The van der Waals surface area contributed by atoms with Crippen LogP contribution in [-0.2, 0) is 15.8 Å². The number of rotatable bonds is 6. The molecule has 7 nitrogen and oxygen atoms in total. The predicted molar refractivity (Wildman–Crippen MR) is 95.2 cm³/mol. The van der Waals surface area contributed by atoms with Gasteiger partial charge in [-0.05, 0) is 25.8 Å². The molecule has 0 saturated carbocycles. The lowest BCUT2D eigenvalue weighted by atomic mass is 10.1. The maximum Gasteiger partial charge on any atom is 0.445 e. The second kappa shape index (κ2) is 9.79. The summed E-state index contributed by atoms with van der Waals surface area (Å²) in [5, 5.41) is 13.2. The maximum atomic E-state index is 12.5. The fourth-order valence-electron chi connectivity index (χ4n) is 2.56. The molecule has 2 atom stereocenters. The molecule has 0 spiro atoms. The van der Waals surface area contributed by atoms with E-state index in [2.05, 4.69) is 26.1 Å². The number of nitrogens with zero attached hydrogens (tertiary/aromatic N) is 2. The molecule has 1 aromatic heterocycles. The van der Waals surface area contributed by atoms with Crippen LogP contribution in [0.1, 0.15) is 44.0 Å². The molecule has 1 fully saturated rings. The first-order valence-electron chi connectivity index (χ1n) is 8.73. The molecule has 0 aromatic carbocycles. The summed E-state index contributed by atoms with van der Waals surface area (Å²) in [7, 11) is 0. The summed E-state index contributed by atoms with van der Waals surface area (Å²) >= 11 is 0.249. The Morgan fingerprint density at radius 1 is 1.33 bits per heavy atom. The van der Waals surface area contributed by atoms with E-state index in [4.69, 9.17) is 0 Å². The Labute approximate surface area is 158 Å². The summed E-state index contributed by atoms with van der Waals surface area (Å²) in [5.74, 6) is -0.757. The van der Waals surface area contributed by atoms with E-state index in [9.17, 15) is 22.8 Å². The first-order valence-corrected chi connectivity index (χ1v) is 9.55. The number of anilines is 1. The number of nitrogens with one attached hydrogen (secondary N) is 3. The summed E-state index contributed by atoms with van der Waals surface area (Å²) in [6.07, 6.45) is 2.55. The summed E-state index contributed by atoms with van der Waals surface area (Å²) in [6.45, 7) is 2.66. The van der Waals surface area contributed by atoms with Crippen molar-refractivity contribution >= 4 is 28.3 Å². The molecule has 27 heavy (non-hydrogen) atoms. The third kappa shape index (κ3) is 6.90. The molecule has 2 rings (SSSR count). The van der Waals surface area contributed by atoms with E-state index in [1.54, 1.807) is 0 Å². The lowest BCUT2D eigenvalue weighted by Gasteiger charge is -2.19. The number of amides is 2. The number of hydrogen-bond donors (Lipinski definition) is 3. The van der Waals surface area contributed by atoms with E-state index in [1.807, 2.05) is 6.92 Å². The Balaban J connectivity index is 1.86. The van der Waals surface area contributed by atoms with Crippen LogP contribution in [-0.4, -0.2) is 40.6 Å². The van der Waals surface area contributed by atoms with Gasteiger partial charge in [0.2, 0.25) is 22.0 Å². The Hall–Kier alpha value is -2.01. The normalized spacial score (nSPS) is 19.5. The van der Waals surface area contributed by atoms with Crippen LogP contribution in [0, 0.1) is 0 Å². The lowest BCUT2D eigenvalue weighted by Crippen LogP contribution is -2.46. The van der Waals surface area contributed by atoms with Crippen molar-refractivity contribution in [2.75, 3.05) is 11.9 Å². The third-order valence-corrected chi connectivity index (χ3v) is 4.91. The van der Waals surface area contributed by atoms with E-state index in [1.165, 1.54) is 12.2 Å². The number of carbonyl (C=O) groups excluding carboxylic acids is 2. The Kier molecular flexibility index (Phi) is 7.72. The van der Waals surface area contributed by atoms with Gasteiger partial charge in [0.1, 0.15) is 0 Å². The molecule has 2 amide bonds. The molecule has 2 heterocycles. The lowest BCUT2D eigenvalue weighted by molar-refractivity contribution is -0.138. The largest absolute Gasteiger partial charge is 0.445 e. The zero-order valence-corrected chi connectivity index (χ0v) is 15.6. The zero-order chi connectivity index (χ0) is 19.9. The van der Waals surface area contributed by atoms with Crippen LogP contribution in [0.15, 0.2) is 12.2 Å². The average molecular weight is 405 g/mol. The van der Waals surface area contributed by atoms with E-state index >= 15 is 0 Å². The summed E-state index contributed by atoms with van der Waals surface area (Å²) in [5.41, 5.74) is 0. The van der Waals surface area contributed by atoms with Crippen LogP contribution in [0.2, 0.25) is 0 Å². The highest BCUT2D eigenvalue weighted by molar-refractivity contribution is 7.15. The third-order valence-electron chi connectivity index (χ3n) is 4.02. The monoisotopic (exact) mass is 405 g/mol. The van der Waals surface area contributed by atoms with Crippen molar-refractivity contribution in [2.45, 2.75) is 57.3 Å². The van der Waals surface area contributed by atoms with Crippen LogP contribution in [0.3, 0.4) is 0 Å². The second-order valence-corrected chi connectivity index (χ2v) is 7.12. The van der Waals surface area contributed by atoms with Crippen LogP contribution in [0.25, 0.3) is 0 Å². The van der Waals surface area contributed by atoms with Crippen molar-refractivity contribution in [3.05, 3.63) is 17.2 Å². The Morgan fingerprint density at radius 2 is 2.11 bits per heavy atom. The van der Waals surface area contributed by atoms with Crippen LogP contribution in [0.4, 0.5) is 18.3 Å². The van der Waals surface area contributed by atoms with Gasteiger partial charge in [-0.15, -0.1) is 10.2 Å². The number of aromatic nitrogens is 2. The second-order valence-electron chi connectivity index (χ2n) is 6.14. The minimum atomic E-state index is -4.60. The van der Waals surface area contributed by atoms with Gasteiger partial charge in [-0.25, -0.2) is 0 Å². The maximum absolute atomic E-state index is 12.5. The van der Waals surface area contributed by atoms with Gasteiger partial charge in [-0.3, -0.25) is 14.9 Å². The van der Waals surface area contributed by atoms with Gasteiger partial charge in [0.25, 0.3) is 0 Å². The molecule has 150 valence electrons. The van der Waals surface area contributed by atoms with Gasteiger partial charge in [0, 0.05) is 12.1 Å². The van der Waals surface area contributed by atoms with E-state index in [0.717, 1.165) is 32.2 Å². The van der Waals surface area contributed by atoms with Gasteiger partial charge in [-0.1, -0.05) is 37.2 Å². The number of carbonyl (C=O) groups is 2. The van der Waals surface area contributed by atoms with Gasteiger partial charge in [0.15, 0.2) is 0 Å². The summed E-state index contributed by atoms with van der Waals surface area (Å²) < 4.78 is 37.4. The molecule has 1 aromatic rings. The zero-order valence-electron chi connectivity index (χ0n) is 14.8. The highest BCUT2D eigenvalue weighted by atomic mass is 32.1. The highest BCUT2D eigenvalue weighted by Gasteiger charge is 2.35. The molecule has 3 N–H and O–H groups in total. The molecule has 1 aliphatic rings. The molecular formula is C16H22F3N5O2S. The molecule has 1 saturated heterocycles. The molecule has 0 radical (unpaired) electrons. The molecular weight excluding hydrogens is 383 g/mol. The van der Waals surface area contributed by atoms with Gasteiger partial charge in [0.05, 0.1) is 6.04 Å². The van der Waals surface area contributed by atoms with Gasteiger partial charge >= 0.3 is 6.18 Å². The molecule has 2 unspecified atom stereocenters. The first-order chi connectivity index (χ1) is 12.8. The SMILES string of the molecule is CCC(C=CC(=O)Nc1nnc(C(F)(F)F)s1)NC(=O)C1CCCCCN1. The highest BCUT2D eigenvalue weighted by Crippen LogP contribution is 2.32. The minimum absolute atomic E-state index is 0.118. The molecule has 0 bridgehead atoms. The summed E-state index contributed by atoms with van der Waals surface area (Å²) in [4.78, 5) is 24.2. The van der Waals surface area contributed by atoms with Crippen LogP contribution >= 0.6 is 11.3 Å². The van der Waals surface area contributed by atoms with Crippen molar-refractivity contribution in [3.8, 4) is 0 Å². The van der Waals surface area contributed by atoms with Crippen molar-refractivity contribution in [1.29, 1.82) is 0 Å². The molecule has 0 aliphatic carbocycles. The fourth-order valence-corrected chi connectivity index (χ4v) is 3.17. The standard InChI is InChI=1S/C16H22F3N5O2S/c1-2-10(21-13(26)11-6-4-3-5-9-20-11)7-8-12(25)22-15-24-23-14(27-15)16(17,18)19/h7-8,10-11,20H,2-6,9H2,1H3,(H,21,26)(H,22,24,25). The van der Waals surface area contributed by atoms with Gasteiger partial charge in [-0.2, -0.15) is 13.2 Å². The number of alkyl halides is 3. The minimum Gasteiger partial charge on any atom is -0.349 e. The topological polar surface area (TPSA) is 96.0 Å². The van der Waals surface area contributed by atoms with Crippen molar-refractivity contribution in [1.82, 2.24) is 20.8 Å². The van der Waals surface area contributed by atoms with E-state index in [0.29, 0.717) is 6.42 Å². The average Bonchev–Trinajstić information content (AvgIpc) is 2.91. The van der Waals surface area contributed by atoms with E-state index in [-0.39, 0.29) is 34.5 Å². The summed E-state index contributed by atoms with van der Waals surface area (Å²) in [6, 6.07) is -0.598. The molecule has 1 aliphatic heterocycles. The van der Waals surface area contributed by atoms with Crippen LogP contribution < -0.4 is 16.0 Å². The van der Waals surface area contributed by atoms with Gasteiger partial charge < -0.3 is 10.6 Å². The smallest absolute Gasteiger partial charge is 0.349 e. The van der Waals surface area contributed by atoms with Crippen LogP contribution in [0.5, 0.6) is 0 Å². The fraction of sp³-hybridized carbons (Fsp3) is 0.625. The predicted octanol–water partition coefficient (Wildman–Crippen LogP) is 2.48. The Bertz CT molecular complexity index is 669. The van der Waals surface area contributed by atoms with Crippen molar-refractivity contribution in [2.24, 2.45) is 0 Å². The Morgan fingerprint density at radius 3 is 2.78 bits per heavy atom. The van der Waals surface area contributed by atoms with E-state index < -0.39 is 17.1 Å².